The molecule has 27 heavy (non-hydrogen) atoms. The Hall–Kier alpha value is -3.44. The van der Waals surface area contributed by atoms with Crippen LogP contribution in [0.5, 0.6) is 0 Å². The average Bonchev–Trinajstić information content (AvgIpc) is 3.37. The van der Waals surface area contributed by atoms with Crippen molar-refractivity contribution in [1.82, 2.24) is 24.6 Å². The number of nitrogens with zero attached hydrogens (tertiary/aromatic N) is 4. The fourth-order valence-electron chi connectivity index (χ4n) is 3.23. The summed E-state index contributed by atoms with van der Waals surface area (Å²) in [6.07, 6.45) is 3.48. The predicted molar refractivity (Wildman–Crippen MR) is 106 cm³/mol. The molecule has 0 spiro atoms. The summed E-state index contributed by atoms with van der Waals surface area (Å²) in [4.78, 5) is 12.4. The zero-order valence-electron chi connectivity index (χ0n) is 14.2. The maximum atomic E-state index is 6.35. The van der Waals surface area contributed by atoms with Gasteiger partial charge < -0.3 is 4.98 Å². The summed E-state index contributed by atoms with van der Waals surface area (Å²) < 4.78 is 1.80. The van der Waals surface area contributed by atoms with Crippen molar-refractivity contribution < 1.29 is 0 Å². The molecule has 0 fully saturated rings. The minimum absolute atomic E-state index is 0.378. The van der Waals surface area contributed by atoms with Crippen LogP contribution in [0.2, 0.25) is 5.15 Å². The number of halogens is 1. The number of H-pyrrole nitrogens is 1. The first kappa shape index (κ1) is 15.8. The standard InChI is InChI=1S/C21H14ClN5/c22-17-13-16(20-23-11-12-24-20)21-25-18(14-7-3-1-4-8-14)19(27(21)26-17)15-9-5-2-6-10-15/h1-13H,(H,23,24). The molecular weight excluding hydrogens is 358 g/mol. The zero-order chi connectivity index (χ0) is 18.2. The predicted octanol–water partition coefficient (Wildman–Crippen LogP) is 5.11. The average molecular weight is 372 g/mol. The van der Waals surface area contributed by atoms with Gasteiger partial charge in [-0.25, -0.2) is 14.5 Å². The van der Waals surface area contributed by atoms with Crippen molar-refractivity contribution in [3.63, 3.8) is 0 Å². The molecule has 0 aliphatic rings. The minimum atomic E-state index is 0.378. The molecule has 0 saturated carbocycles. The van der Waals surface area contributed by atoms with Gasteiger partial charge >= 0.3 is 0 Å². The van der Waals surface area contributed by atoms with Crippen molar-refractivity contribution in [2.45, 2.75) is 0 Å². The lowest BCUT2D eigenvalue weighted by molar-refractivity contribution is 0.943. The van der Waals surface area contributed by atoms with E-state index in [0.29, 0.717) is 16.6 Å². The molecule has 0 unspecified atom stereocenters. The van der Waals surface area contributed by atoms with Crippen molar-refractivity contribution >= 4 is 17.2 Å². The van der Waals surface area contributed by atoms with Gasteiger partial charge in [-0.15, -0.1) is 0 Å². The van der Waals surface area contributed by atoms with Gasteiger partial charge in [-0.2, -0.15) is 5.10 Å². The van der Waals surface area contributed by atoms with Crippen LogP contribution in [-0.4, -0.2) is 24.6 Å². The van der Waals surface area contributed by atoms with E-state index in [2.05, 4.69) is 15.1 Å². The van der Waals surface area contributed by atoms with Crippen molar-refractivity contribution in [3.05, 3.63) is 84.3 Å². The van der Waals surface area contributed by atoms with E-state index in [9.17, 15) is 0 Å². The SMILES string of the molecule is Clc1cc(-c2ncc[nH]2)c2nc(-c3ccccc3)c(-c3ccccc3)n2n1. The molecule has 5 nitrogen and oxygen atoms in total. The Balaban J connectivity index is 1.90. The molecule has 0 amide bonds. The highest BCUT2D eigenvalue weighted by Gasteiger charge is 2.21. The Morgan fingerprint density at radius 3 is 2.26 bits per heavy atom. The number of fused-ring (bicyclic) bond motifs is 1. The molecule has 3 heterocycles. The summed E-state index contributed by atoms with van der Waals surface area (Å²) in [5.74, 6) is 0.702. The first-order valence-corrected chi connectivity index (χ1v) is 8.89. The highest BCUT2D eigenvalue weighted by atomic mass is 35.5. The van der Waals surface area contributed by atoms with E-state index in [1.807, 2.05) is 60.7 Å². The number of rotatable bonds is 3. The van der Waals surface area contributed by atoms with Gasteiger partial charge in [0.2, 0.25) is 0 Å². The molecule has 0 aliphatic carbocycles. The first-order valence-electron chi connectivity index (χ1n) is 8.51. The lowest BCUT2D eigenvalue weighted by Gasteiger charge is -2.06. The van der Waals surface area contributed by atoms with Crippen LogP contribution in [0.4, 0.5) is 0 Å². The molecule has 0 aliphatic heterocycles. The molecule has 0 radical (unpaired) electrons. The molecule has 2 aromatic carbocycles. The van der Waals surface area contributed by atoms with Crippen LogP contribution in [0.25, 0.3) is 39.5 Å². The summed E-state index contributed by atoms with van der Waals surface area (Å²) in [5.41, 5.74) is 5.29. The van der Waals surface area contributed by atoms with Crippen molar-refractivity contribution in [3.8, 4) is 33.9 Å². The largest absolute Gasteiger partial charge is 0.345 e. The van der Waals surface area contributed by atoms with E-state index in [1.165, 1.54) is 0 Å². The maximum Gasteiger partial charge on any atom is 0.166 e. The van der Waals surface area contributed by atoms with E-state index in [0.717, 1.165) is 28.1 Å². The Bertz CT molecular complexity index is 1210. The third-order valence-corrected chi connectivity index (χ3v) is 4.59. The van der Waals surface area contributed by atoms with Crippen LogP contribution in [0, 0.1) is 0 Å². The normalized spacial score (nSPS) is 11.1. The van der Waals surface area contributed by atoms with E-state index in [1.54, 1.807) is 23.0 Å². The van der Waals surface area contributed by atoms with Gasteiger partial charge in [0.1, 0.15) is 11.5 Å². The van der Waals surface area contributed by atoms with Crippen LogP contribution in [0.15, 0.2) is 79.1 Å². The highest BCUT2D eigenvalue weighted by molar-refractivity contribution is 6.29. The fourth-order valence-corrected chi connectivity index (χ4v) is 3.42. The summed E-state index contributed by atoms with van der Waals surface area (Å²) in [6.45, 7) is 0. The number of imidazole rings is 2. The monoisotopic (exact) mass is 371 g/mol. The van der Waals surface area contributed by atoms with Gasteiger partial charge in [-0.05, 0) is 6.07 Å². The van der Waals surface area contributed by atoms with E-state index in [4.69, 9.17) is 16.6 Å². The van der Waals surface area contributed by atoms with E-state index in [-0.39, 0.29) is 0 Å². The quantitative estimate of drug-likeness (QED) is 0.479. The Morgan fingerprint density at radius 1 is 0.889 bits per heavy atom. The topological polar surface area (TPSA) is 58.9 Å². The molecule has 6 heteroatoms. The number of nitrogens with one attached hydrogen (secondary N) is 1. The van der Waals surface area contributed by atoms with Gasteiger partial charge in [0, 0.05) is 23.5 Å². The third kappa shape index (κ3) is 2.69. The molecular formula is C21H14ClN5. The number of hydrogen-bond acceptors (Lipinski definition) is 3. The zero-order valence-corrected chi connectivity index (χ0v) is 14.9. The van der Waals surface area contributed by atoms with E-state index < -0.39 is 0 Å². The van der Waals surface area contributed by atoms with Gasteiger partial charge in [-0.3, -0.25) is 0 Å². The minimum Gasteiger partial charge on any atom is -0.345 e. The lowest BCUT2D eigenvalue weighted by atomic mass is 10.1. The van der Waals surface area contributed by atoms with Gasteiger partial charge in [0.15, 0.2) is 10.8 Å². The number of benzene rings is 2. The van der Waals surface area contributed by atoms with Crippen molar-refractivity contribution in [1.29, 1.82) is 0 Å². The van der Waals surface area contributed by atoms with Gasteiger partial charge in [-0.1, -0.05) is 72.3 Å². The van der Waals surface area contributed by atoms with Gasteiger partial charge in [0.25, 0.3) is 0 Å². The van der Waals surface area contributed by atoms with Gasteiger partial charge in [0.05, 0.1) is 11.3 Å². The molecule has 130 valence electrons. The molecule has 0 saturated heterocycles. The first-order chi connectivity index (χ1) is 13.3. The molecule has 5 rings (SSSR count). The van der Waals surface area contributed by atoms with Crippen LogP contribution in [0.1, 0.15) is 0 Å². The molecule has 1 N–H and O–H groups in total. The Labute approximate surface area is 160 Å². The number of aromatic amines is 1. The second-order valence-corrected chi connectivity index (χ2v) is 6.48. The smallest absolute Gasteiger partial charge is 0.166 e. The molecule has 0 bridgehead atoms. The molecule has 0 atom stereocenters. The van der Waals surface area contributed by atoms with Crippen molar-refractivity contribution in [2.24, 2.45) is 0 Å². The summed E-state index contributed by atoms with van der Waals surface area (Å²) in [6, 6.07) is 22.0. The number of aromatic nitrogens is 5. The Morgan fingerprint density at radius 2 is 1.59 bits per heavy atom. The lowest BCUT2D eigenvalue weighted by Crippen LogP contribution is -1.98. The van der Waals surface area contributed by atoms with Crippen LogP contribution >= 0.6 is 11.6 Å². The molecule has 5 aromatic rings. The van der Waals surface area contributed by atoms with Crippen molar-refractivity contribution in [2.75, 3.05) is 0 Å². The maximum absolute atomic E-state index is 6.35. The summed E-state index contributed by atoms with van der Waals surface area (Å²) >= 11 is 6.35. The fraction of sp³-hybridized carbons (Fsp3) is 0. The summed E-state index contributed by atoms with van der Waals surface area (Å²) in [7, 11) is 0. The Kier molecular flexibility index (Phi) is 3.73. The summed E-state index contributed by atoms with van der Waals surface area (Å²) in [5, 5.41) is 4.92. The highest BCUT2D eigenvalue weighted by Crippen LogP contribution is 2.35. The third-order valence-electron chi connectivity index (χ3n) is 4.40. The second kappa shape index (κ2) is 6.37. The second-order valence-electron chi connectivity index (χ2n) is 6.09. The van der Waals surface area contributed by atoms with Crippen LogP contribution in [-0.2, 0) is 0 Å². The molecule has 3 aromatic heterocycles. The van der Waals surface area contributed by atoms with Crippen LogP contribution < -0.4 is 0 Å². The van der Waals surface area contributed by atoms with E-state index >= 15 is 0 Å². The number of hydrogen-bond donors (Lipinski definition) is 1. The van der Waals surface area contributed by atoms with Crippen LogP contribution in [0.3, 0.4) is 0 Å².